The summed E-state index contributed by atoms with van der Waals surface area (Å²) in [6.07, 6.45) is 14.1. The summed E-state index contributed by atoms with van der Waals surface area (Å²) in [5, 5.41) is 2.43. The van der Waals surface area contributed by atoms with Crippen LogP contribution in [-0.4, -0.2) is 5.16 Å². The third-order valence-electron chi connectivity index (χ3n) is 5.10. The van der Waals surface area contributed by atoms with Gasteiger partial charge in [-0.05, 0) is 67.4 Å². The maximum atomic E-state index is 4.65. The van der Waals surface area contributed by atoms with Gasteiger partial charge >= 0.3 is 0 Å². The number of rotatable bonds is 8. The van der Waals surface area contributed by atoms with Crippen molar-refractivity contribution in [3.05, 3.63) is 29.8 Å². The van der Waals surface area contributed by atoms with Crippen molar-refractivity contribution in [1.29, 1.82) is 0 Å². The van der Waals surface area contributed by atoms with Crippen LogP contribution < -0.4 is 0 Å². The van der Waals surface area contributed by atoms with Gasteiger partial charge < -0.3 is 0 Å². The van der Waals surface area contributed by atoms with Crippen LogP contribution in [0, 0.1) is 5.92 Å². The molecular formula is C20H29NS. The van der Waals surface area contributed by atoms with Crippen LogP contribution in [0.15, 0.2) is 29.3 Å². The van der Waals surface area contributed by atoms with Crippen molar-refractivity contribution in [3.63, 3.8) is 0 Å². The number of aliphatic imine (C=N–C) groups is 1. The van der Waals surface area contributed by atoms with Crippen molar-refractivity contribution in [3.8, 4) is 0 Å². The molecule has 0 radical (unpaired) electrons. The van der Waals surface area contributed by atoms with Crippen molar-refractivity contribution in [2.24, 2.45) is 10.9 Å². The molecule has 1 aromatic carbocycles. The van der Waals surface area contributed by atoms with E-state index in [1.807, 2.05) is 0 Å². The van der Waals surface area contributed by atoms with Gasteiger partial charge in [-0.1, -0.05) is 57.6 Å². The summed E-state index contributed by atoms with van der Waals surface area (Å²) >= 11 is 4.65. The molecule has 0 spiro atoms. The van der Waals surface area contributed by atoms with Gasteiger partial charge in [0.05, 0.1) is 10.8 Å². The lowest BCUT2D eigenvalue weighted by molar-refractivity contribution is 0.302. The molecule has 0 amide bonds. The van der Waals surface area contributed by atoms with E-state index in [-0.39, 0.29) is 0 Å². The predicted octanol–water partition coefficient (Wildman–Crippen LogP) is 7.06. The molecule has 0 aliphatic heterocycles. The second-order valence-electron chi connectivity index (χ2n) is 6.72. The van der Waals surface area contributed by atoms with Gasteiger partial charge in [0.1, 0.15) is 0 Å². The fourth-order valence-corrected chi connectivity index (χ4v) is 3.80. The second-order valence-corrected chi connectivity index (χ2v) is 6.90. The Kier molecular flexibility index (Phi) is 7.83. The summed E-state index contributed by atoms with van der Waals surface area (Å²) in [5.41, 5.74) is 2.39. The normalized spacial score (nSPS) is 21.3. The Balaban J connectivity index is 1.71. The number of thiocarbonyl (C=S) groups is 1. The van der Waals surface area contributed by atoms with Crippen LogP contribution >= 0.6 is 12.2 Å². The molecule has 1 aromatic rings. The summed E-state index contributed by atoms with van der Waals surface area (Å²) in [6.45, 7) is 2.29. The molecule has 2 heteroatoms. The molecule has 2 rings (SSSR count). The van der Waals surface area contributed by atoms with Gasteiger partial charge in [-0.3, -0.25) is 0 Å². The lowest BCUT2D eigenvalue weighted by Crippen LogP contribution is -2.13. The molecule has 0 saturated heterocycles. The highest BCUT2D eigenvalue weighted by atomic mass is 32.1. The Morgan fingerprint density at radius 2 is 1.68 bits per heavy atom. The fourth-order valence-electron chi connectivity index (χ4n) is 3.69. The molecule has 0 heterocycles. The van der Waals surface area contributed by atoms with E-state index in [1.165, 1.54) is 69.8 Å². The monoisotopic (exact) mass is 315 g/mol. The molecule has 1 aliphatic carbocycles. The summed E-state index contributed by atoms with van der Waals surface area (Å²) in [5.74, 6) is 1.73. The van der Waals surface area contributed by atoms with E-state index < -0.39 is 0 Å². The molecule has 22 heavy (non-hydrogen) atoms. The number of isothiocyanates is 1. The SMILES string of the molecule is CCCCCCCC1CCC(c2ccc(N=C=S)cc2)CC1. The van der Waals surface area contributed by atoms with Crippen LogP contribution in [-0.2, 0) is 0 Å². The average Bonchev–Trinajstić information content (AvgIpc) is 2.56. The highest BCUT2D eigenvalue weighted by Gasteiger charge is 2.21. The molecule has 0 bridgehead atoms. The minimum atomic E-state index is 0.752. The van der Waals surface area contributed by atoms with Gasteiger partial charge in [-0.25, -0.2) is 0 Å². The molecule has 0 N–H and O–H groups in total. The minimum Gasteiger partial charge on any atom is -0.195 e. The van der Waals surface area contributed by atoms with E-state index in [1.54, 1.807) is 0 Å². The van der Waals surface area contributed by atoms with Crippen molar-refractivity contribution in [2.75, 3.05) is 0 Å². The highest BCUT2D eigenvalue weighted by molar-refractivity contribution is 7.78. The minimum absolute atomic E-state index is 0.752. The van der Waals surface area contributed by atoms with E-state index in [4.69, 9.17) is 0 Å². The first kappa shape index (κ1) is 17.4. The molecule has 120 valence electrons. The first-order valence-corrected chi connectivity index (χ1v) is 9.42. The first-order valence-electron chi connectivity index (χ1n) is 9.01. The number of nitrogens with zero attached hydrogens (tertiary/aromatic N) is 1. The van der Waals surface area contributed by atoms with Crippen LogP contribution in [0.2, 0.25) is 0 Å². The van der Waals surface area contributed by atoms with Crippen LogP contribution in [0.25, 0.3) is 0 Å². The van der Waals surface area contributed by atoms with Gasteiger partial charge in [-0.15, -0.1) is 0 Å². The van der Waals surface area contributed by atoms with Crippen molar-refractivity contribution in [2.45, 2.75) is 77.0 Å². The topological polar surface area (TPSA) is 12.4 Å². The van der Waals surface area contributed by atoms with Gasteiger partial charge in [0, 0.05) is 0 Å². The standard InChI is InChI=1S/C20H29NS/c1-2-3-4-5-6-7-17-8-10-18(11-9-17)19-12-14-20(15-13-19)21-16-22/h12-15,17-18H,2-11H2,1H3. The Morgan fingerprint density at radius 1 is 1.00 bits per heavy atom. The van der Waals surface area contributed by atoms with E-state index in [9.17, 15) is 0 Å². The zero-order valence-electron chi connectivity index (χ0n) is 13.9. The fraction of sp³-hybridized carbons (Fsp3) is 0.650. The van der Waals surface area contributed by atoms with Crippen LogP contribution in [0.5, 0.6) is 0 Å². The molecule has 0 atom stereocenters. The Morgan fingerprint density at radius 3 is 2.32 bits per heavy atom. The Labute approximate surface area is 141 Å². The van der Waals surface area contributed by atoms with Gasteiger partial charge in [0.25, 0.3) is 0 Å². The van der Waals surface area contributed by atoms with Crippen LogP contribution in [0.3, 0.4) is 0 Å². The number of hydrogen-bond acceptors (Lipinski definition) is 2. The average molecular weight is 316 g/mol. The third-order valence-corrected chi connectivity index (χ3v) is 5.19. The van der Waals surface area contributed by atoms with E-state index in [0.29, 0.717) is 0 Å². The summed E-state index contributed by atoms with van der Waals surface area (Å²) in [7, 11) is 0. The highest BCUT2D eigenvalue weighted by Crippen LogP contribution is 2.38. The van der Waals surface area contributed by atoms with Crippen molar-refractivity contribution < 1.29 is 0 Å². The molecule has 1 fully saturated rings. The quantitative estimate of drug-likeness (QED) is 0.284. The summed E-state index contributed by atoms with van der Waals surface area (Å²) in [6, 6.07) is 8.57. The summed E-state index contributed by atoms with van der Waals surface area (Å²) in [4.78, 5) is 4.02. The van der Waals surface area contributed by atoms with E-state index in [2.05, 4.69) is 53.6 Å². The molecule has 1 nitrogen and oxygen atoms in total. The van der Waals surface area contributed by atoms with Crippen LogP contribution in [0.4, 0.5) is 5.69 Å². The predicted molar refractivity (Wildman–Crippen MR) is 99.2 cm³/mol. The third kappa shape index (κ3) is 5.66. The molecule has 0 unspecified atom stereocenters. The van der Waals surface area contributed by atoms with Crippen molar-refractivity contribution >= 4 is 23.1 Å². The molecule has 1 aliphatic rings. The van der Waals surface area contributed by atoms with Gasteiger partial charge in [-0.2, -0.15) is 4.99 Å². The molecule has 0 aromatic heterocycles. The maximum absolute atomic E-state index is 4.65. The largest absolute Gasteiger partial charge is 0.195 e. The van der Waals surface area contributed by atoms with E-state index >= 15 is 0 Å². The first-order chi connectivity index (χ1) is 10.8. The lowest BCUT2D eigenvalue weighted by atomic mass is 9.77. The number of unbranched alkanes of at least 4 members (excludes halogenated alkanes) is 4. The van der Waals surface area contributed by atoms with Crippen molar-refractivity contribution in [1.82, 2.24) is 0 Å². The zero-order valence-corrected chi connectivity index (χ0v) is 14.7. The maximum Gasteiger partial charge on any atom is 0.0739 e. The number of hydrogen-bond donors (Lipinski definition) is 0. The number of benzene rings is 1. The smallest absolute Gasteiger partial charge is 0.0739 e. The van der Waals surface area contributed by atoms with Crippen LogP contribution in [0.1, 0.15) is 82.6 Å². The summed E-state index contributed by atoms with van der Waals surface area (Å²) < 4.78 is 0. The second kappa shape index (κ2) is 9.92. The van der Waals surface area contributed by atoms with Gasteiger partial charge in [0.2, 0.25) is 0 Å². The molecular weight excluding hydrogens is 286 g/mol. The zero-order chi connectivity index (χ0) is 15.6. The molecule has 1 saturated carbocycles. The Bertz CT molecular complexity index is 465. The van der Waals surface area contributed by atoms with Gasteiger partial charge in [0.15, 0.2) is 0 Å². The Hall–Kier alpha value is -0.980. The lowest BCUT2D eigenvalue weighted by Gasteiger charge is -2.29. The van der Waals surface area contributed by atoms with E-state index in [0.717, 1.165) is 17.5 Å².